The van der Waals surface area contributed by atoms with Gasteiger partial charge in [0.2, 0.25) is 0 Å². The minimum absolute atomic E-state index is 0. The van der Waals surface area contributed by atoms with Crippen LogP contribution in [0.4, 0.5) is 0 Å². The molecule has 0 radical (unpaired) electrons. The number of nitrogens with zero attached hydrogens (tertiary/aromatic N) is 1. The third kappa shape index (κ3) is 7.79. The summed E-state index contributed by atoms with van der Waals surface area (Å²) in [5.41, 5.74) is 2.93. The molecule has 2 aromatic rings. The van der Waals surface area contributed by atoms with Crippen molar-refractivity contribution in [3.63, 3.8) is 0 Å². The molecule has 0 bridgehead atoms. The average molecular weight is 545 g/mol. The van der Waals surface area contributed by atoms with Gasteiger partial charge in [-0.25, -0.2) is 8.42 Å². The van der Waals surface area contributed by atoms with E-state index in [4.69, 9.17) is 4.74 Å². The molecule has 0 heterocycles. The quantitative estimate of drug-likeness (QED) is 0.228. The van der Waals surface area contributed by atoms with E-state index in [1.165, 1.54) is 11.8 Å². The molecule has 0 amide bonds. The molecule has 0 spiro atoms. The number of aryl methyl sites for hydroxylation is 1. The number of hydrogen-bond acceptors (Lipinski definition) is 4. The Morgan fingerprint density at radius 2 is 1.83 bits per heavy atom. The van der Waals surface area contributed by atoms with Gasteiger partial charge in [0, 0.05) is 19.8 Å². The van der Waals surface area contributed by atoms with Gasteiger partial charge in [-0.05, 0) is 41.7 Å². The van der Waals surface area contributed by atoms with Crippen molar-refractivity contribution in [2.75, 3.05) is 26.5 Å². The van der Waals surface area contributed by atoms with Crippen LogP contribution in [0.1, 0.15) is 36.5 Å². The third-order valence-corrected chi connectivity index (χ3v) is 5.77. The zero-order valence-electron chi connectivity index (χ0n) is 18.2. The van der Waals surface area contributed by atoms with Crippen molar-refractivity contribution in [3.05, 3.63) is 59.2 Å². The molecule has 166 valence electrons. The molecule has 30 heavy (non-hydrogen) atoms. The van der Waals surface area contributed by atoms with Crippen LogP contribution in [0.25, 0.3) is 0 Å². The zero-order chi connectivity index (χ0) is 21.4. The zero-order valence-corrected chi connectivity index (χ0v) is 21.4. The molecule has 0 fully saturated rings. The van der Waals surface area contributed by atoms with E-state index in [1.807, 2.05) is 30.3 Å². The molecular formula is C22H32IN3O3S. The number of halogens is 1. The number of ether oxygens (including phenoxy) is 1. The fraction of sp³-hybridized carbons (Fsp3) is 0.409. The number of rotatable bonds is 8. The average Bonchev–Trinajstić information content (AvgIpc) is 2.66. The van der Waals surface area contributed by atoms with Crippen LogP contribution >= 0.6 is 24.0 Å². The molecule has 0 saturated carbocycles. The van der Waals surface area contributed by atoms with Gasteiger partial charge in [-0.3, -0.25) is 4.99 Å². The largest absolute Gasteiger partial charge is 0.491 e. The summed E-state index contributed by atoms with van der Waals surface area (Å²) in [6.45, 7) is 7.78. The van der Waals surface area contributed by atoms with Gasteiger partial charge < -0.3 is 15.4 Å². The number of sulfone groups is 1. The summed E-state index contributed by atoms with van der Waals surface area (Å²) >= 11 is 0. The van der Waals surface area contributed by atoms with E-state index in [-0.39, 0.29) is 24.0 Å². The maximum atomic E-state index is 11.7. The van der Waals surface area contributed by atoms with Crippen molar-refractivity contribution in [2.45, 2.75) is 38.1 Å². The molecule has 0 aliphatic heterocycles. The van der Waals surface area contributed by atoms with E-state index in [0.717, 1.165) is 16.9 Å². The van der Waals surface area contributed by atoms with Gasteiger partial charge in [-0.1, -0.05) is 44.2 Å². The lowest BCUT2D eigenvalue weighted by atomic mass is 10.0. The molecule has 8 heteroatoms. The standard InChI is InChI=1S/C22H31N3O3S.HI/c1-16(2)19-8-6-7-9-20(19)28-13-12-24-22(23-4)25-15-18-10-11-21(17(3)14-18)29(5,26)27;/h6-11,14,16H,12-13,15H2,1-5H3,(H2,23,24,25);1H. The molecule has 0 unspecified atom stereocenters. The Balaban J connectivity index is 0.00000450. The van der Waals surface area contributed by atoms with Crippen molar-refractivity contribution in [3.8, 4) is 5.75 Å². The van der Waals surface area contributed by atoms with Crippen molar-refractivity contribution in [1.82, 2.24) is 10.6 Å². The Morgan fingerprint density at radius 1 is 1.13 bits per heavy atom. The fourth-order valence-corrected chi connectivity index (χ4v) is 4.02. The van der Waals surface area contributed by atoms with Gasteiger partial charge in [0.15, 0.2) is 15.8 Å². The minimum Gasteiger partial charge on any atom is -0.491 e. The maximum absolute atomic E-state index is 11.7. The number of hydrogen-bond donors (Lipinski definition) is 2. The highest BCUT2D eigenvalue weighted by Crippen LogP contribution is 2.25. The Bertz CT molecular complexity index is 960. The van der Waals surface area contributed by atoms with Crippen molar-refractivity contribution in [1.29, 1.82) is 0 Å². The Morgan fingerprint density at radius 3 is 2.43 bits per heavy atom. The van der Waals surface area contributed by atoms with E-state index < -0.39 is 9.84 Å². The van der Waals surface area contributed by atoms with Crippen molar-refractivity contribution >= 4 is 39.8 Å². The van der Waals surface area contributed by atoms with Gasteiger partial charge >= 0.3 is 0 Å². The van der Waals surface area contributed by atoms with Crippen LogP contribution in [0.15, 0.2) is 52.4 Å². The van der Waals surface area contributed by atoms with Gasteiger partial charge in [0.1, 0.15) is 12.4 Å². The van der Waals surface area contributed by atoms with Crippen LogP contribution in [0.5, 0.6) is 5.75 Å². The monoisotopic (exact) mass is 545 g/mol. The number of para-hydroxylation sites is 1. The smallest absolute Gasteiger partial charge is 0.191 e. The van der Waals surface area contributed by atoms with E-state index in [9.17, 15) is 8.42 Å². The number of guanidine groups is 1. The van der Waals surface area contributed by atoms with Crippen molar-refractivity contribution in [2.24, 2.45) is 4.99 Å². The van der Waals surface area contributed by atoms with E-state index >= 15 is 0 Å². The normalized spacial score (nSPS) is 11.7. The first-order chi connectivity index (χ1) is 13.7. The summed E-state index contributed by atoms with van der Waals surface area (Å²) in [6.07, 6.45) is 1.22. The Labute approximate surface area is 197 Å². The van der Waals surface area contributed by atoms with Crippen molar-refractivity contribution < 1.29 is 13.2 Å². The SMILES string of the molecule is CN=C(NCCOc1ccccc1C(C)C)NCc1ccc(S(C)(=O)=O)c(C)c1.I. The van der Waals surface area contributed by atoms with Gasteiger partial charge in [0.05, 0.1) is 11.4 Å². The first-order valence-corrected chi connectivity index (χ1v) is 11.6. The topological polar surface area (TPSA) is 79.8 Å². The predicted molar refractivity (Wildman–Crippen MR) is 134 cm³/mol. The fourth-order valence-electron chi connectivity index (χ4n) is 3.06. The molecular weight excluding hydrogens is 513 g/mol. The summed E-state index contributed by atoms with van der Waals surface area (Å²) in [7, 11) is -1.49. The molecule has 0 atom stereocenters. The lowest BCUT2D eigenvalue weighted by Gasteiger charge is -2.15. The lowest BCUT2D eigenvalue weighted by Crippen LogP contribution is -2.38. The molecule has 2 rings (SSSR count). The Kier molecular flexibility index (Phi) is 10.6. The van der Waals surface area contributed by atoms with Crippen LogP contribution in [0, 0.1) is 6.92 Å². The summed E-state index contributed by atoms with van der Waals surface area (Å²) in [5.74, 6) is 1.98. The van der Waals surface area contributed by atoms with E-state index in [1.54, 1.807) is 20.0 Å². The van der Waals surface area contributed by atoms with E-state index in [0.29, 0.717) is 36.5 Å². The Hall–Kier alpha value is -1.81. The number of nitrogens with one attached hydrogen (secondary N) is 2. The molecule has 0 aliphatic carbocycles. The highest BCUT2D eigenvalue weighted by molar-refractivity contribution is 14.0. The summed E-state index contributed by atoms with van der Waals surface area (Å²) < 4.78 is 29.4. The van der Waals surface area contributed by atoms with Crippen LogP contribution in [-0.4, -0.2) is 40.8 Å². The maximum Gasteiger partial charge on any atom is 0.191 e. The van der Waals surface area contributed by atoms with Gasteiger partial charge in [-0.2, -0.15) is 0 Å². The lowest BCUT2D eigenvalue weighted by molar-refractivity contribution is 0.317. The first kappa shape index (κ1) is 26.2. The predicted octanol–water partition coefficient (Wildman–Crippen LogP) is 3.88. The second-order valence-corrected chi connectivity index (χ2v) is 9.25. The third-order valence-electron chi connectivity index (χ3n) is 4.52. The van der Waals surface area contributed by atoms with Gasteiger partial charge in [0.25, 0.3) is 0 Å². The molecule has 6 nitrogen and oxygen atoms in total. The number of aliphatic imine (C=N–C) groups is 1. The summed E-state index contributed by atoms with van der Waals surface area (Å²) in [4.78, 5) is 4.58. The molecule has 0 saturated heterocycles. The second kappa shape index (κ2) is 12.1. The minimum atomic E-state index is -3.20. The summed E-state index contributed by atoms with van der Waals surface area (Å²) in [6, 6.07) is 13.4. The van der Waals surface area contributed by atoms with Gasteiger partial charge in [-0.15, -0.1) is 24.0 Å². The van der Waals surface area contributed by atoms with Crippen LogP contribution in [0.3, 0.4) is 0 Å². The van der Waals surface area contributed by atoms with Crippen LogP contribution in [0.2, 0.25) is 0 Å². The first-order valence-electron chi connectivity index (χ1n) is 9.68. The highest BCUT2D eigenvalue weighted by atomic mass is 127. The second-order valence-electron chi connectivity index (χ2n) is 7.27. The molecule has 0 aromatic heterocycles. The molecule has 2 aromatic carbocycles. The molecule has 2 N–H and O–H groups in total. The number of benzene rings is 2. The summed E-state index contributed by atoms with van der Waals surface area (Å²) in [5, 5.41) is 6.46. The molecule has 0 aliphatic rings. The highest BCUT2D eigenvalue weighted by Gasteiger charge is 2.11. The van der Waals surface area contributed by atoms with Crippen LogP contribution in [-0.2, 0) is 16.4 Å². The van der Waals surface area contributed by atoms with E-state index in [2.05, 4.69) is 35.5 Å². The van der Waals surface area contributed by atoms with Crippen LogP contribution < -0.4 is 15.4 Å².